The number of nitrogens with zero attached hydrogens (tertiary/aromatic N) is 3. The lowest BCUT2D eigenvalue weighted by Gasteiger charge is -2.23. The molecule has 0 amide bonds. The Balaban J connectivity index is 1.93. The Hall–Kier alpha value is -2.95. The molecule has 128 valence electrons. The first-order valence-corrected chi connectivity index (χ1v) is 8.27. The number of anilines is 4. The third-order valence-electron chi connectivity index (χ3n) is 3.85. The van der Waals surface area contributed by atoms with Gasteiger partial charge in [0.2, 0.25) is 5.95 Å². The molecule has 2 aromatic carbocycles. The maximum Gasteiger partial charge on any atom is 0.229 e. The summed E-state index contributed by atoms with van der Waals surface area (Å²) < 4.78 is 13.1. The van der Waals surface area contributed by atoms with Crippen molar-refractivity contribution in [3.63, 3.8) is 0 Å². The van der Waals surface area contributed by atoms with Gasteiger partial charge >= 0.3 is 0 Å². The van der Waals surface area contributed by atoms with E-state index in [1.165, 1.54) is 17.7 Å². The summed E-state index contributed by atoms with van der Waals surface area (Å²) in [5.74, 6) is 1.05. The zero-order valence-electron chi connectivity index (χ0n) is 14.6. The van der Waals surface area contributed by atoms with Crippen molar-refractivity contribution < 1.29 is 4.39 Å². The van der Waals surface area contributed by atoms with Crippen LogP contribution in [0.1, 0.15) is 18.2 Å². The molecule has 5 heteroatoms. The zero-order chi connectivity index (χ0) is 17.8. The number of halogens is 1. The van der Waals surface area contributed by atoms with Gasteiger partial charge in [0, 0.05) is 29.7 Å². The van der Waals surface area contributed by atoms with Gasteiger partial charge in [0.05, 0.1) is 0 Å². The van der Waals surface area contributed by atoms with Crippen molar-refractivity contribution in [3.8, 4) is 0 Å². The molecule has 0 unspecified atom stereocenters. The molecule has 0 bridgehead atoms. The van der Waals surface area contributed by atoms with Crippen LogP contribution in [-0.4, -0.2) is 16.5 Å². The molecule has 0 aliphatic heterocycles. The van der Waals surface area contributed by atoms with Crippen LogP contribution in [0.3, 0.4) is 0 Å². The summed E-state index contributed by atoms with van der Waals surface area (Å²) in [6, 6.07) is 16.4. The van der Waals surface area contributed by atoms with Gasteiger partial charge in [-0.05, 0) is 62.7 Å². The van der Waals surface area contributed by atoms with E-state index in [0.29, 0.717) is 5.95 Å². The van der Waals surface area contributed by atoms with E-state index in [2.05, 4.69) is 52.2 Å². The van der Waals surface area contributed by atoms with Gasteiger partial charge in [0.15, 0.2) is 0 Å². The van der Waals surface area contributed by atoms with E-state index in [0.717, 1.165) is 29.4 Å². The first kappa shape index (κ1) is 16.9. The predicted octanol–water partition coefficient (Wildman–Crippen LogP) is 5.13. The largest absolute Gasteiger partial charge is 0.326 e. The number of benzene rings is 2. The van der Waals surface area contributed by atoms with E-state index in [1.807, 2.05) is 19.1 Å². The van der Waals surface area contributed by atoms with Crippen molar-refractivity contribution >= 4 is 23.1 Å². The minimum absolute atomic E-state index is 0.270. The van der Waals surface area contributed by atoms with Crippen LogP contribution >= 0.6 is 0 Å². The third-order valence-corrected chi connectivity index (χ3v) is 3.85. The van der Waals surface area contributed by atoms with Gasteiger partial charge in [-0.15, -0.1) is 0 Å². The summed E-state index contributed by atoms with van der Waals surface area (Å²) in [7, 11) is 0. The van der Waals surface area contributed by atoms with Crippen LogP contribution in [0.15, 0.2) is 54.6 Å². The molecule has 3 rings (SSSR count). The average molecular weight is 336 g/mol. The van der Waals surface area contributed by atoms with Gasteiger partial charge < -0.3 is 10.2 Å². The van der Waals surface area contributed by atoms with Crippen molar-refractivity contribution in [1.29, 1.82) is 0 Å². The molecule has 0 atom stereocenters. The Morgan fingerprint density at radius 1 is 1.00 bits per heavy atom. The van der Waals surface area contributed by atoms with Crippen LogP contribution in [0.4, 0.5) is 27.5 Å². The van der Waals surface area contributed by atoms with Crippen molar-refractivity contribution in [1.82, 2.24) is 9.97 Å². The van der Waals surface area contributed by atoms with Crippen molar-refractivity contribution in [2.24, 2.45) is 0 Å². The maximum absolute atomic E-state index is 13.1. The van der Waals surface area contributed by atoms with Crippen molar-refractivity contribution in [3.05, 3.63) is 71.7 Å². The molecule has 25 heavy (non-hydrogen) atoms. The number of hydrogen-bond donors (Lipinski definition) is 1. The first-order chi connectivity index (χ1) is 12.0. The fourth-order valence-electron chi connectivity index (χ4n) is 2.68. The van der Waals surface area contributed by atoms with Gasteiger partial charge in [-0.3, -0.25) is 0 Å². The van der Waals surface area contributed by atoms with Gasteiger partial charge in [-0.25, -0.2) is 9.37 Å². The van der Waals surface area contributed by atoms with Gasteiger partial charge in [-0.2, -0.15) is 4.98 Å². The zero-order valence-corrected chi connectivity index (χ0v) is 14.6. The fourth-order valence-corrected chi connectivity index (χ4v) is 2.68. The number of rotatable bonds is 5. The molecule has 0 spiro atoms. The number of nitrogens with one attached hydrogen (secondary N) is 1. The van der Waals surface area contributed by atoms with Crippen LogP contribution in [0.5, 0.6) is 0 Å². The Morgan fingerprint density at radius 2 is 1.76 bits per heavy atom. The van der Waals surface area contributed by atoms with E-state index >= 15 is 0 Å². The van der Waals surface area contributed by atoms with Crippen molar-refractivity contribution in [2.75, 3.05) is 16.8 Å². The summed E-state index contributed by atoms with van der Waals surface area (Å²) in [5, 5.41) is 3.14. The molecule has 1 aromatic heterocycles. The molecule has 3 aromatic rings. The topological polar surface area (TPSA) is 41.1 Å². The molecular weight excluding hydrogens is 315 g/mol. The lowest BCUT2D eigenvalue weighted by atomic mass is 10.2. The summed E-state index contributed by atoms with van der Waals surface area (Å²) in [6.07, 6.45) is 0. The summed E-state index contributed by atoms with van der Waals surface area (Å²) in [4.78, 5) is 11.2. The van der Waals surface area contributed by atoms with Crippen LogP contribution in [0.2, 0.25) is 0 Å². The lowest BCUT2D eigenvalue weighted by molar-refractivity contribution is 0.628. The normalized spacial score (nSPS) is 10.6. The quantitative estimate of drug-likeness (QED) is 0.701. The fraction of sp³-hybridized carbons (Fsp3) is 0.200. The molecule has 0 aliphatic carbocycles. The van der Waals surface area contributed by atoms with E-state index in [9.17, 15) is 4.39 Å². The predicted molar refractivity (Wildman–Crippen MR) is 100 cm³/mol. The van der Waals surface area contributed by atoms with Crippen LogP contribution in [0.25, 0.3) is 0 Å². The highest BCUT2D eigenvalue weighted by Gasteiger charge is 2.12. The second-order valence-electron chi connectivity index (χ2n) is 5.91. The highest BCUT2D eigenvalue weighted by molar-refractivity contribution is 5.63. The van der Waals surface area contributed by atoms with Gasteiger partial charge in [0.1, 0.15) is 11.6 Å². The molecule has 0 fully saturated rings. The standard InChI is InChI=1S/C20H21FN4/c1-4-25(18-7-5-6-14(2)12-18)19-13-15(3)22-20(24-19)23-17-10-8-16(21)9-11-17/h5-13H,4H2,1-3H3,(H,22,23,24). The molecule has 1 N–H and O–H groups in total. The van der Waals surface area contributed by atoms with Crippen LogP contribution in [0, 0.1) is 19.7 Å². The Kier molecular flexibility index (Phi) is 4.93. The van der Waals surface area contributed by atoms with Crippen molar-refractivity contribution in [2.45, 2.75) is 20.8 Å². The lowest BCUT2D eigenvalue weighted by Crippen LogP contribution is -2.18. The Bertz CT molecular complexity index is 862. The smallest absolute Gasteiger partial charge is 0.229 e. The molecule has 0 saturated carbocycles. The van der Waals surface area contributed by atoms with E-state index in [4.69, 9.17) is 0 Å². The Labute approximate surface area is 147 Å². The molecule has 0 radical (unpaired) electrons. The van der Waals surface area contributed by atoms with Gasteiger partial charge in [0.25, 0.3) is 0 Å². The second kappa shape index (κ2) is 7.30. The number of aryl methyl sites for hydroxylation is 2. The summed E-state index contributed by atoms with van der Waals surface area (Å²) in [5.41, 5.74) is 3.90. The average Bonchev–Trinajstić information content (AvgIpc) is 2.57. The van der Waals surface area contributed by atoms with E-state index < -0.39 is 0 Å². The van der Waals surface area contributed by atoms with E-state index in [1.54, 1.807) is 12.1 Å². The molecule has 1 heterocycles. The third kappa shape index (κ3) is 4.12. The van der Waals surface area contributed by atoms with E-state index in [-0.39, 0.29) is 5.82 Å². The summed E-state index contributed by atoms with van der Waals surface area (Å²) >= 11 is 0. The number of hydrogen-bond acceptors (Lipinski definition) is 4. The minimum Gasteiger partial charge on any atom is -0.326 e. The molecular formula is C20H21FN4. The summed E-state index contributed by atoms with van der Waals surface area (Å²) in [6.45, 7) is 6.89. The highest BCUT2D eigenvalue weighted by Crippen LogP contribution is 2.26. The first-order valence-electron chi connectivity index (χ1n) is 8.27. The highest BCUT2D eigenvalue weighted by atomic mass is 19.1. The molecule has 0 aliphatic rings. The van der Waals surface area contributed by atoms with Crippen LogP contribution < -0.4 is 10.2 Å². The monoisotopic (exact) mass is 336 g/mol. The minimum atomic E-state index is -0.270. The van der Waals surface area contributed by atoms with Gasteiger partial charge in [-0.1, -0.05) is 12.1 Å². The second-order valence-corrected chi connectivity index (χ2v) is 5.91. The maximum atomic E-state index is 13.1. The SMILES string of the molecule is CCN(c1cccc(C)c1)c1cc(C)nc(Nc2ccc(F)cc2)n1. The van der Waals surface area contributed by atoms with Crippen LogP contribution in [-0.2, 0) is 0 Å². The molecule has 4 nitrogen and oxygen atoms in total. The Morgan fingerprint density at radius 3 is 2.44 bits per heavy atom. The molecule has 0 saturated heterocycles. The number of aromatic nitrogens is 2.